The fourth-order valence-corrected chi connectivity index (χ4v) is 4.08. The molecule has 0 radical (unpaired) electrons. The minimum absolute atomic E-state index is 0.131. The van der Waals surface area contributed by atoms with Gasteiger partial charge in [-0.2, -0.15) is 0 Å². The molecule has 1 aliphatic heterocycles. The highest BCUT2D eigenvalue weighted by Crippen LogP contribution is 2.41. The Morgan fingerprint density at radius 2 is 1.82 bits per heavy atom. The topological polar surface area (TPSA) is 52.4 Å². The van der Waals surface area contributed by atoms with Gasteiger partial charge < -0.3 is 14.0 Å². The summed E-state index contributed by atoms with van der Waals surface area (Å²) >= 11 is 0. The van der Waals surface area contributed by atoms with Crippen LogP contribution in [0.4, 0.5) is 0 Å². The lowest BCUT2D eigenvalue weighted by molar-refractivity contribution is 0.198. The number of aromatic nitrogens is 3. The maximum Gasteiger partial charge on any atom is 0.161 e. The summed E-state index contributed by atoms with van der Waals surface area (Å²) in [6.45, 7) is 4.87. The van der Waals surface area contributed by atoms with Gasteiger partial charge in [0, 0.05) is 38.2 Å². The van der Waals surface area contributed by atoms with E-state index in [9.17, 15) is 0 Å². The van der Waals surface area contributed by atoms with Crippen LogP contribution in [0, 0.1) is 0 Å². The first-order valence-corrected chi connectivity index (χ1v) is 9.63. The van der Waals surface area contributed by atoms with E-state index >= 15 is 0 Å². The Morgan fingerprint density at radius 3 is 2.54 bits per heavy atom. The predicted octanol–water partition coefficient (Wildman–Crippen LogP) is 3.46. The number of aryl methyl sites for hydroxylation is 1. The Morgan fingerprint density at radius 1 is 1.07 bits per heavy atom. The lowest BCUT2D eigenvalue weighted by Gasteiger charge is -2.38. The molecule has 0 spiro atoms. The van der Waals surface area contributed by atoms with Gasteiger partial charge in [0.2, 0.25) is 0 Å². The lowest BCUT2D eigenvalue weighted by atomic mass is 9.88. The van der Waals surface area contributed by atoms with Crippen LogP contribution in [0.2, 0.25) is 0 Å². The van der Waals surface area contributed by atoms with Crippen molar-refractivity contribution in [2.24, 2.45) is 0 Å². The van der Waals surface area contributed by atoms with Gasteiger partial charge in [0.25, 0.3) is 0 Å². The van der Waals surface area contributed by atoms with E-state index in [1.165, 1.54) is 22.4 Å². The summed E-state index contributed by atoms with van der Waals surface area (Å²) in [5, 5.41) is 0. The first-order chi connectivity index (χ1) is 13.7. The molecule has 1 aromatic carbocycles. The summed E-state index contributed by atoms with van der Waals surface area (Å²) in [4.78, 5) is 11.1. The first kappa shape index (κ1) is 18.5. The van der Waals surface area contributed by atoms with Crippen molar-refractivity contribution in [1.29, 1.82) is 0 Å². The highest BCUT2D eigenvalue weighted by molar-refractivity contribution is 5.51. The van der Waals surface area contributed by atoms with E-state index in [4.69, 9.17) is 9.47 Å². The van der Waals surface area contributed by atoms with Crippen molar-refractivity contribution in [3.05, 3.63) is 71.6 Å². The maximum atomic E-state index is 5.59. The molecular formula is C22H26N4O2. The van der Waals surface area contributed by atoms with Crippen molar-refractivity contribution in [3.63, 3.8) is 0 Å². The molecule has 2 aromatic heterocycles. The summed E-state index contributed by atoms with van der Waals surface area (Å²) in [5.74, 6) is 1.55. The molecule has 1 aliphatic rings. The highest BCUT2D eigenvalue weighted by atomic mass is 16.5. The van der Waals surface area contributed by atoms with Crippen molar-refractivity contribution in [3.8, 4) is 11.5 Å². The van der Waals surface area contributed by atoms with Crippen LogP contribution in [0.3, 0.4) is 0 Å². The van der Waals surface area contributed by atoms with Gasteiger partial charge in [-0.15, -0.1) is 0 Å². The SMILES string of the molecule is CCn1cncc1CN1CCc2cc(OC)c(OC)cc2C1c1ccncc1. The second kappa shape index (κ2) is 8.02. The van der Waals surface area contributed by atoms with Gasteiger partial charge in [-0.3, -0.25) is 9.88 Å². The van der Waals surface area contributed by atoms with Crippen LogP contribution in [0.15, 0.2) is 49.2 Å². The molecule has 0 bridgehead atoms. The molecule has 1 unspecified atom stereocenters. The molecule has 1 atom stereocenters. The molecule has 6 nitrogen and oxygen atoms in total. The van der Waals surface area contributed by atoms with Crippen molar-refractivity contribution < 1.29 is 9.47 Å². The van der Waals surface area contributed by atoms with Crippen molar-refractivity contribution >= 4 is 0 Å². The predicted molar refractivity (Wildman–Crippen MR) is 108 cm³/mol. The normalized spacial score (nSPS) is 16.6. The van der Waals surface area contributed by atoms with E-state index in [0.717, 1.165) is 37.6 Å². The Kier molecular flexibility index (Phi) is 5.30. The van der Waals surface area contributed by atoms with E-state index in [0.29, 0.717) is 0 Å². The zero-order valence-corrected chi connectivity index (χ0v) is 16.6. The molecule has 0 aliphatic carbocycles. The van der Waals surface area contributed by atoms with Crippen LogP contribution in [0.5, 0.6) is 11.5 Å². The zero-order valence-electron chi connectivity index (χ0n) is 16.6. The third kappa shape index (κ3) is 3.36. The number of imidazole rings is 1. The molecule has 3 heterocycles. The van der Waals surface area contributed by atoms with E-state index < -0.39 is 0 Å². The number of nitrogens with zero attached hydrogens (tertiary/aromatic N) is 4. The molecule has 146 valence electrons. The van der Waals surface area contributed by atoms with Crippen LogP contribution in [0.25, 0.3) is 0 Å². The molecule has 28 heavy (non-hydrogen) atoms. The van der Waals surface area contributed by atoms with E-state index in [2.05, 4.69) is 50.6 Å². The van der Waals surface area contributed by atoms with E-state index in [1.807, 2.05) is 24.9 Å². The number of hydrogen-bond donors (Lipinski definition) is 0. The van der Waals surface area contributed by atoms with Crippen LogP contribution in [-0.2, 0) is 19.5 Å². The van der Waals surface area contributed by atoms with Crippen LogP contribution < -0.4 is 9.47 Å². The van der Waals surface area contributed by atoms with Gasteiger partial charge in [-0.05, 0) is 54.3 Å². The number of hydrogen-bond acceptors (Lipinski definition) is 5. The van der Waals surface area contributed by atoms with E-state index in [-0.39, 0.29) is 6.04 Å². The smallest absolute Gasteiger partial charge is 0.161 e. The van der Waals surface area contributed by atoms with Crippen molar-refractivity contribution in [2.75, 3.05) is 20.8 Å². The number of methoxy groups -OCH3 is 2. The number of pyridine rings is 1. The maximum absolute atomic E-state index is 5.59. The van der Waals surface area contributed by atoms with Gasteiger partial charge in [0.1, 0.15) is 0 Å². The van der Waals surface area contributed by atoms with Gasteiger partial charge in [-0.1, -0.05) is 0 Å². The molecule has 0 amide bonds. The molecule has 0 N–H and O–H groups in total. The van der Waals surface area contributed by atoms with Crippen molar-refractivity contribution in [2.45, 2.75) is 32.5 Å². The average molecular weight is 378 g/mol. The fourth-order valence-electron chi connectivity index (χ4n) is 4.08. The molecule has 3 aromatic rings. The molecule has 4 rings (SSSR count). The molecule has 0 saturated heterocycles. The largest absolute Gasteiger partial charge is 0.493 e. The van der Waals surface area contributed by atoms with Gasteiger partial charge in [0.15, 0.2) is 11.5 Å². The monoisotopic (exact) mass is 378 g/mol. The number of rotatable bonds is 6. The number of ether oxygens (including phenoxy) is 2. The standard InChI is InChI=1S/C22H26N4O2/c1-4-25-15-24-13-18(25)14-26-10-7-17-11-20(27-2)21(28-3)12-19(17)22(26)16-5-8-23-9-6-16/h5-6,8-9,11-13,15,22H,4,7,10,14H2,1-3H3. The Labute approximate surface area is 165 Å². The first-order valence-electron chi connectivity index (χ1n) is 9.63. The number of benzene rings is 1. The molecule has 6 heteroatoms. The molecule has 0 saturated carbocycles. The summed E-state index contributed by atoms with van der Waals surface area (Å²) in [6, 6.07) is 8.58. The third-order valence-electron chi connectivity index (χ3n) is 5.50. The lowest BCUT2D eigenvalue weighted by Crippen LogP contribution is -2.36. The summed E-state index contributed by atoms with van der Waals surface area (Å²) in [7, 11) is 3.37. The third-order valence-corrected chi connectivity index (χ3v) is 5.50. The Hall–Kier alpha value is -2.86. The zero-order chi connectivity index (χ0) is 19.5. The Balaban J connectivity index is 1.78. The summed E-state index contributed by atoms with van der Waals surface area (Å²) in [6.07, 6.45) is 8.56. The van der Waals surface area contributed by atoms with Crippen LogP contribution in [-0.4, -0.2) is 40.2 Å². The molecular weight excluding hydrogens is 352 g/mol. The van der Waals surface area contributed by atoms with Crippen molar-refractivity contribution in [1.82, 2.24) is 19.4 Å². The summed E-state index contributed by atoms with van der Waals surface area (Å²) < 4.78 is 13.3. The van der Waals surface area contributed by atoms with E-state index in [1.54, 1.807) is 14.2 Å². The minimum atomic E-state index is 0.131. The second-order valence-electron chi connectivity index (χ2n) is 6.98. The fraction of sp³-hybridized carbons (Fsp3) is 0.364. The molecule has 0 fully saturated rings. The quantitative estimate of drug-likeness (QED) is 0.657. The Bertz CT molecular complexity index is 939. The second-order valence-corrected chi connectivity index (χ2v) is 6.98. The number of fused-ring (bicyclic) bond motifs is 1. The highest BCUT2D eigenvalue weighted by Gasteiger charge is 2.31. The minimum Gasteiger partial charge on any atom is -0.493 e. The van der Waals surface area contributed by atoms with Crippen LogP contribution >= 0.6 is 0 Å². The van der Waals surface area contributed by atoms with Gasteiger partial charge >= 0.3 is 0 Å². The van der Waals surface area contributed by atoms with Gasteiger partial charge in [-0.25, -0.2) is 4.98 Å². The average Bonchev–Trinajstić information content (AvgIpc) is 3.20. The van der Waals surface area contributed by atoms with Gasteiger partial charge in [0.05, 0.1) is 32.3 Å². The summed E-state index contributed by atoms with van der Waals surface area (Å²) in [5.41, 5.74) is 5.02. The van der Waals surface area contributed by atoms with Crippen LogP contribution in [0.1, 0.15) is 35.3 Å².